The van der Waals surface area contributed by atoms with Crippen LogP contribution in [-0.4, -0.2) is 11.1 Å². The summed E-state index contributed by atoms with van der Waals surface area (Å²) in [6, 6.07) is 9.17. The Morgan fingerprint density at radius 3 is 2.52 bits per heavy atom. The molecule has 0 radical (unpaired) electrons. The van der Waals surface area contributed by atoms with E-state index in [-0.39, 0.29) is 12.6 Å². The van der Waals surface area contributed by atoms with Gasteiger partial charge in [0, 0.05) is 6.07 Å². The van der Waals surface area contributed by atoms with E-state index < -0.39 is 0 Å². The van der Waals surface area contributed by atoms with Gasteiger partial charge in [0.05, 0.1) is 11.8 Å². The van der Waals surface area contributed by atoms with Crippen LogP contribution in [0.4, 0.5) is 0 Å². The summed E-state index contributed by atoms with van der Waals surface area (Å²) < 4.78 is 15.8. The fourth-order valence-corrected chi connectivity index (χ4v) is 2.63. The maximum absolute atomic E-state index is 12.3. The summed E-state index contributed by atoms with van der Waals surface area (Å²) in [6.07, 6.45) is 1.56. The Kier molecular flexibility index (Phi) is 4.02. The fourth-order valence-electron chi connectivity index (χ4n) is 2.63. The number of hydrogen-bond acceptors (Lipinski definition) is 5. The molecule has 0 saturated carbocycles. The van der Waals surface area contributed by atoms with E-state index >= 15 is 0 Å². The van der Waals surface area contributed by atoms with E-state index in [1.165, 1.54) is 0 Å². The first kappa shape index (κ1) is 15.1. The molecule has 0 aliphatic carbocycles. The van der Waals surface area contributed by atoms with Crippen LogP contribution >= 0.6 is 0 Å². The van der Waals surface area contributed by atoms with Crippen LogP contribution in [0.3, 0.4) is 0 Å². The summed E-state index contributed by atoms with van der Waals surface area (Å²) in [6.45, 7) is 5.86. The predicted octanol–water partition coefficient (Wildman–Crippen LogP) is 4.22. The summed E-state index contributed by atoms with van der Waals surface area (Å²) >= 11 is 0. The molecule has 0 amide bonds. The lowest BCUT2D eigenvalue weighted by molar-refractivity contribution is 0.0462. The molecule has 2 aromatic heterocycles. The van der Waals surface area contributed by atoms with Crippen molar-refractivity contribution in [3.63, 3.8) is 0 Å². The number of rotatable bonds is 4. The number of carbonyl (C=O) groups is 1. The van der Waals surface area contributed by atoms with Crippen LogP contribution < -0.4 is 0 Å². The maximum Gasteiger partial charge on any atom is 0.339 e. The lowest BCUT2D eigenvalue weighted by Gasteiger charge is -2.10. The van der Waals surface area contributed by atoms with Crippen LogP contribution in [0.5, 0.6) is 0 Å². The molecule has 0 unspecified atom stereocenters. The minimum absolute atomic E-state index is 0.0514. The molecule has 2 heterocycles. The number of hydrogen-bond donors (Lipinski definition) is 0. The second-order valence-electron chi connectivity index (χ2n) is 5.51. The number of aryl methyl sites for hydroxylation is 3. The Morgan fingerprint density at radius 1 is 1.13 bits per heavy atom. The SMILES string of the molecule is Cc1cc(C)c(C(=O)OCc2cc(-c3ccco3)on2)c(C)c1. The van der Waals surface area contributed by atoms with Gasteiger partial charge in [-0.2, -0.15) is 0 Å². The van der Waals surface area contributed by atoms with Crippen molar-refractivity contribution in [2.45, 2.75) is 27.4 Å². The maximum atomic E-state index is 12.3. The molecule has 0 bridgehead atoms. The minimum atomic E-state index is -0.359. The van der Waals surface area contributed by atoms with E-state index in [1.807, 2.05) is 32.9 Å². The minimum Gasteiger partial charge on any atom is -0.461 e. The van der Waals surface area contributed by atoms with E-state index in [1.54, 1.807) is 24.5 Å². The lowest BCUT2D eigenvalue weighted by Crippen LogP contribution is -2.09. The van der Waals surface area contributed by atoms with E-state index in [9.17, 15) is 4.79 Å². The van der Waals surface area contributed by atoms with E-state index in [4.69, 9.17) is 13.7 Å². The van der Waals surface area contributed by atoms with Crippen molar-refractivity contribution >= 4 is 5.97 Å². The monoisotopic (exact) mass is 311 g/mol. The average Bonchev–Trinajstić information content (AvgIpc) is 3.15. The predicted molar refractivity (Wildman–Crippen MR) is 84.0 cm³/mol. The van der Waals surface area contributed by atoms with E-state index in [0.717, 1.165) is 16.7 Å². The molecule has 0 aliphatic heterocycles. The highest BCUT2D eigenvalue weighted by Gasteiger charge is 2.16. The number of aromatic nitrogens is 1. The Morgan fingerprint density at radius 2 is 1.87 bits per heavy atom. The Hall–Kier alpha value is -2.82. The van der Waals surface area contributed by atoms with Gasteiger partial charge in [0.25, 0.3) is 0 Å². The Labute approximate surface area is 133 Å². The third kappa shape index (κ3) is 3.18. The smallest absolute Gasteiger partial charge is 0.339 e. The molecular formula is C18H17NO4. The first-order valence-electron chi connectivity index (χ1n) is 7.29. The Bertz CT molecular complexity index is 808. The molecule has 0 saturated heterocycles. The zero-order valence-corrected chi connectivity index (χ0v) is 13.3. The second kappa shape index (κ2) is 6.12. The van der Waals surface area contributed by atoms with Crippen molar-refractivity contribution in [3.05, 3.63) is 64.5 Å². The summed E-state index contributed by atoms with van der Waals surface area (Å²) in [4.78, 5) is 12.3. The van der Waals surface area contributed by atoms with Crippen molar-refractivity contribution < 1.29 is 18.5 Å². The average molecular weight is 311 g/mol. The van der Waals surface area contributed by atoms with Gasteiger partial charge in [-0.15, -0.1) is 0 Å². The first-order chi connectivity index (χ1) is 11.0. The molecule has 0 fully saturated rings. The molecular weight excluding hydrogens is 294 g/mol. The second-order valence-corrected chi connectivity index (χ2v) is 5.51. The molecule has 5 heteroatoms. The summed E-state index contributed by atoms with van der Waals surface area (Å²) in [5.41, 5.74) is 4.07. The molecule has 3 aromatic rings. The van der Waals surface area contributed by atoms with Crippen LogP contribution in [-0.2, 0) is 11.3 Å². The van der Waals surface area contributed by atoms with Crippen molar-refractivity contribution in [3.8, 4) is 11.5 Å². The van der Waals surface area contributed by atoms with Gasteiger partial charge in [0.15, 0.2) is 5.76 Å². The van der Waals surface area contributed by atoms with Gasteiger partial charge in [-0.05, 0) is 44.0 Å². The number of benzene rings is 1. The molecule has 118 valence electrons. The van der Waals surface area contributed by atoms with Crippen LogP contribution in [0.25, 0.3) is 11.5 Å². The van der Waals surface area contributed by atoms with Crippen molar-refractivity contribution in [2.24, 2.45) is 0 Å². The zero-order valence-electron chi connectivity index (χ0n) is 13.3. The van der Waals surface area contributed by atoms with Gasteiger partial charge < -0.3 is 13.7 Å². The third-order valence-corrected chi connectivity index (χ3v) is 3.56. The molecule has 0 aliphatic rings. The molecule has 23 heavy (non-hydrogen) atoms. The highest BCUT2D eigenvalue weighted by Crippen LogP contribution is 2.22. The van der Waals surface area contributed by atoms with Crippen LogP contribution in [0.2, 0.25) is 0 Å². The van der Waals surface area contributed by atoms with Crippen LogP contribution in [0, 0.1) is 20.8 Å². The summed E-state index contributed by atoms with van der Waals surface area (Å²) in [5.74, 6) is 0.728. The number of esters is 1. The number of furan rings is 1. The van der Waals surface area contributed by atoms with Crippen LogP contribution in [0.15, 0.2) is 45.5 Å². The lowest BCUT2D eigenvalue weighted by atomic mass is 10.00. The molecule has 0 spiro atoms. The zero-order chi connectivity index (χ0) is 16.4. The van der Waals surface area contributed by atoms with Gasteiger partial charge in [0.2, 0.25) is 5.76 Å². The highest BCUT2D eigenvalue weighted by atomic mass is 16.5. The van der Waals surface area contributed by atoms with Crippen molar-refractivity contribution in [1.82, 2.24) is 5.16 Å². The normalized spacial score (nSPS) is 10.7. The molecule has 5 nitrogen and oxygen atoms in total. The fraction of sp³-hybridized carbons (Fsp3) is 0.222. The quantitative estimate of drug-likeness (QED) is 0.675. The molecule has 0 atom stereocenters. The standard InChI is InChI=1S/C18H17NO4/c1-11-7-12(2)17(13(3)8-11)18(20)22-10-14-9-16(23-19-14)15-5-4-6-21-15/h4-9H,10H2,1-3H3. The molecule has 3 rings (SSSR count). The van der Waals surface area contributed by atoms with Gasteiger partial charge in [-0.25, -0.2) is 4.79 Å². The van der Waals surface area contributed by atoms with Gasteiger partial charge in [0.1, 0.15) is 12.3 Å². The number of ether oxygens (including phenoxy) is 1. The summed E-state index contributed by atoms with van der Waals surface area (Å²) in [5, 5.41) is 3.88. The van der Waals surface area contributed by atoms with Gasteiger partial charge in [-0.1, -0.05) is 22.9 Å². The summed E-state index contributed by atoms with van der Waals surface area (Å²) in [7, 11) is 0. The van der Waals surface area contributed by atoms with Crippen molar-refractivity contribution in [1.29, 1.82) is 0 Å². The topological polar surface area (TPSA) is 65.5 Å². The molecule has 1 aromatic carbocycles. The highest BCUT2D eigenvalue weighted by molar-refractivity contribution is 5.92. The largest absolute Gasteiger partial charge is 0.461 e. The van der Waals surface area contributed by atoms with Crippen molar-refractivity contribution in [2.75, 3.05) is 0 Å². The van der Waals surface area contributed by atoms with E-state index in [2.05, 4.69) is 5.16 Å². The third-order valence-electron chi connectivity index (χ3n) is 3.56. The Balaban J connectivity index is 1.70. The number of carbonyl (C=O) groups excluding carboxylic acids is 1. The van der Waals surface area contributed by atoms with Crippen LogP contribution in [0.1, 0.15) is 32.7 Å². The van der Waals surface area contributed by atoms with Gasteiger partial charge >= 0.3 is 5.97 Å². The van der Waals surface area contributed by atoms with Gasteiger partial charge in [-0.3, -0.25) is 0 Å². The first-order valence-corrected chi connectivity index (χ1v) is 7.29. The van der Waals surface area contributed by atoms with E-state index in [0.29, 0.717) is 22.8 Å². The number of nitrogens with zero attached hydrogens (tertiary/aromatic N) is 1. The molecule has 0 N–H and O–H groups in total.